The number of halogens is 1. The molecule has 0 spiro atoms. The number of anilines is 1. The Bertz CT molecular complexity index is 1020. The fraction of sp³-hybridized carbons (Fsp3) is 0.176. The highest BCUT2D eigenvalue weighted by atomic mass is 35.5. The van der Waals surface area contributed by atoms with Crippen molar-refractivity contribution in [1.82, 2.24) is 15.2 Å². The molecule has 146 valence electrons. The maximum atomic E-state index is 12.4. The van der Waals surface area contributed by atoms with Crippen molar-refractivity contribution < 1.29 is 14.3 Å². The van der Waals surface area contributed by atoms with E-state index in [0.717, 1.165) is 0 Å². The lowest BCUT2D eigenvalue weighted by molar-refractivity contribution is -0.115. The van der Waals surface area contributed by atoms with E-state index in [9.17, 15) is 9.59 Å². The number of primary amides is 1. The van der Waals surface area contributed by atoms with E-state index in [0.29, 0.717) is 32.3 Å². The average Bonchev–Trinajstić information content (AvgIpc) is 3.31. The van der Waals surface area contributed by atoms with Crippen molar-refractivity contribution in [2.45, 2.75) is 17.3 Å². The number of thioether (sulfide) groups is 1. The number of aromatic nitrogens is 3. The monoisotopic (exact) mass is 437 g/mol. The Hall–Kier alpha value is -2.56. The summed E-state index contributed by atoms with van der Waals surface area (Å²) in [6.45, 7) is 1.72. The van der Waals surface area contributed by atoms with Gasteiger partial charge in [-0.25, -0.2) is 4.98 Å². The predicted molar refractivity (Wildman–Crippen MR) is 110 cm³/mol. The zero-order valence-corrected chi connectivity index (χ0v) is 17.2. The number of nitrogens with zero attached hydrogens (tertiary/aromatic N) is 2. The molecule has 1 unspecified atom stereocenters. The second-order valence-electron chi connectivity index (χ2n) is 5.59. The zero-order chi connectivity index (χ0) is 20.3. The van der Waals surface area contributed by atoms with Crippen molar-refractivity contribution in [1.29, 1.82) is 0 Å². The van der Waals surface area contributed by atoms with E-state index in [1.807, 2.05) is 0 Å². The van der Waals surface area contributed by atoms with Gasteiger partial charge in [0, 0.05) is 5.02 Å². The normalized spacial score (nSPS) is 11.8. The summed E-state index contributed by atoms with van der Waals surface area (Å²) in [5.74, 6) is 0.191. The van der Waals surface area contributed by atoms with Crippen molar-refractivity contribution in [3.05, 3.63) is 40.2 Å². The van der Waals surface area contributed by atoms with Crippen LogP contribution >= 0.6 is 34.7 Å². The number of hydrogen-bond acceptors (Lipinski definition) is 7. The molecular weight excluding hydrogens is 422 g/mol. The Kier molecular flexibility index (Phi) is 6.22. The predicted octanol–water partition coefficient (Wildman–Crippen LogP) is 3.41. The van der Waals surface area contributed by atoms with E-state index < -0.39 is 11.2 Å². The van der Waals surface area contributed by atoms with Gasteiger partial charge in [0.2, 0.25) is 11.1 Å². The quantitative estimate of drug-likeness (QED) is 0.486. The van der Waals surface area contributed by atoms with Crippen LogP contribution < -0.4 is 15.8 Å². The molecule has 0 aliphatic heterocycles. The van der Waals surface area contributed by atoms with Crippen molar-refractivity contribution in [2.75, 3.05) is 12.4 Å². The minimum atomic E-state index is -0.592. The number of carbonyl (C=O) groups is 2. The van der Waals surface area contributed by atoms with Gasteiger partial charge < -0.3 is 15.8 Å². The van der Waals surface area contributed by atoms with Crippen molar-refractivity contribution in [3.8, 4) is 17.1 Å². The third kappa shape index (κ3) is 4.46. The summed E-state index contributed by atoms with van der Waals surface area (Å²) < 4.78 is 5.32. The molecule has 2 heterocycles. The first-order valence-corrected chi connectivity index (χ1v) is 10.1. The van der Waals surface area contributed by atoms with Gasteiger partial charge in [-0.3, -0.25) is 14.7 Å². The van der Waals surface area contributed by atoms with Crippen LogP contribution in [0.3, 0.4) is 0 Å². The summed E-state index contributed by atoms with van der Waals surface area (Å²) in [7, 11) is 1.55. The highest BCUT2D eigenvalue weighted by Gasteiger charge is 2.21. The maximum Gasteiger partial charge on any atom is 0.251 e. The number of nitrogens with two attached hydrogens (primary N) is 1. The first-order chi connectivity index (χ1) is 13.4. The number of thiophene rings is 1. The topological polar surface area (TPSA) is 123 Å². The molecule has 3 rings (SSSR count). The molecule has 0 fully saturated rings. The second-order valence-corrected chi connectivity index (χ2v) is 8.25. The van der Waals surface area contributed by atoms with E-state index >= 15 is 0 Å². The summed E-state index contributed by atoms with van der Waals surface area (Å²) in [4.78, 5) is 28.2. The molecule has 8 nitrogen and oxygen atoms in total. The number of carbonyl (C=O) groups excluding carboxylic acids is 2. The number of ether oxygens (including phenoxy) is 1. The highest BCUT2D eigenvalue weighted by molar-refractivity contribution is 8.00. The molecule has 0 radical (unpaired) electrons. The summed E-state index contributed by atoms with van der Waals surface area (Å²) >= 11 is 8.45. The fourth-order valence-corrected chi connectivity index (χ4v) is 4.00. The van der Waals surface area contributed by atoms with Gasteiger partial charge in [0.05, 0.1) is 23.5 Å². The molecular formula is C17H16ClN5O3S2. The maximum absolute atomic E-state index is 12.4. The summed E-state index contributed by atoms with van der Waals surface area (Å²) in [6, 6.07) is 6.74. The van der Waals surface area contributed by atoms with Gasteiger partial charge in [-0.1, -0.05) is 23.4 Å². The molecule has 1 aromatic carbocycles. The fourth-order valence-electron chi connectivity index (χ4n) is 2.31. The summed E-state index contributed by atoms with van der Waals surface area (Å²) in [5, 5.41) is 12.2. The first-order valence-electron chi connectivity index (χ1n) is 8.00. The minimum absolute atomic E-state index is 0.281. The number of amides is 2. The number of methoxy groups -OCH3 is 1. The number of H-pyrrole nitrogens is 1. The molecule has 0 aliphatic carbocycles. The molecule has 0 saturated carbocycles. The Morgan fingerprint density at radius 2 is 2.18 bits per heavy atom. The van der Waals surface area contributed by atoms with Crippen LogP contribution in [0.2, 0.25) is 5.02 Å². The number of benzene rings is 1. The molecule has 2 amide bonds. The molecule has 2 aromatic heterocycles. The minimum Gasteiger partial charge on any atom is -0.496 e. The van der Waals surface area contributed by atoms with Gasteiger partial charge in [-0.2, -0.15) is 0 Å². The molecule has 28 heavy (non-hydrogen) atoms. The van der Waals surface area contributed by atoms with E-state index in [2.05, 4.69) is 20.5 Å². The highest BCUT2D eigenvalue weighted by Crippen LogP contribution is 2.32. The van der Waals surface area contributed by atoms with Crippen LogP contribution in [0, 0.1) is 0 Å². The Morgan fingerprint density at radius 3 is 2.89 bits per heavy atom. The van der Waals surface area contributed by atoms with Gasteiger partial charge in [-0.05, 0) is 36.6 Å². The summed E-state index contributed by atoms with van der Waals surface area (Å²) in [5.41, 5.74) is 6.24. The van der Waals surface area contributed by atoms with Crippen LogP contribution in [-0.2, 0) is 4.79 Å². The SMILES string of the molecule is COc1ccc(Cl)cc1-c1nc(SC(C)C(=O)Nc2sccc2C(N)=O)n[nH]1. The first kappa shape index (κ1) is 20.2. The smallest absolute Gasteiger partial charge is 0.251 e. The van der Waals surface area contributed by atoms with E-state index in [1.165, 1.54) is 23.1 Å². The Morgan fingerprint density at radius 1 is 1.39 bits per heavy atom. The third-order valence-electron chi connectivity index (χ3n) is 3.70. The van der Waals surface area contributed by atoms with E-state index in [4.69, 9.17) is 22.1 Å². The molecule has 0 bridgehead atoms. The van der Waals surface area contributed by atoms with Crippen molar-refractivity contribution in [3.63, 3.8) is 0 Å². The molecule has 0 aliphatic rings. The lowest BCUT2D eigenvalue weighted by Crippen LogP contribution is -2.23. The number of aromatic amines is 1. The van der Waals surface area contributed by atoms with Gasteiger partial charge in [0.1, 0.15) is 10.8 Å². The van der Waals surface area contributed by atoms with Gasteiger partial charge in [0.25, 0.3) is 5.91 Å². The third-order valence-corrected chi connectivity index (χ3v) is 5.73. The lowest BCUT2D eigenvalue weighted by atomic mass is 10.2. The van der Waals surface area contributed by atoms with E-state index in [-0.39, 0.29) is 11.5 Å². The lowest BCUT2D eigenvalue weighted by Gasteiger charge is -2.09. The van der Waals surface area contributed by atoms with Gasteiger partial charge in [-0.15, -0.1) is 16.4 Å². The second kappa shape index (κ2) is 8.63. The molecule has 11 heteroatoms. The molecule has 4 N–H and O–H groups in total. The standard InChI is InChI=1S/C17H16ClN5O3S2/c1-8(15(25)21-16-10(13(19)24)5-6-27-16)28-17-20-14(22-23-17)11-7-9(18)3-4-12(11)26-2/h3-8H,1-2H3,(H2,19,24)(H,21,25)(H,20,22,23). The van der Waals surface area contributed by atoms with E-state index in [1.54, 1.807) is 43.7 Å². The van der Waals surface area contributed by atoms with Crippen molar-refractivity contribution in [2.24, 2.45) is 5.73 Å². The van der Waals surface area contributed by atoms with Crippen LogP contribution in [0.15, 0.2) is 34.8 Å². The number of hydrogen-bond donors (Lipinski definition) is 3. The van der Waals surface area contributed by atoms with Crippen molar-refractivity contribution >= 4 is 51.5 Å². The zero-order valence-electron chi connectivity index (χ0n) is 14.9. The average molecular weight is 438 g/mol. The van der Waals surface area contributed by atoms with Gasteiger partial charge >= 0.3 is 0 Å². The number of nitrogens with one attached hydrogen (secondary N) is 2. The van der Waals surface area contributed by atoms with Crippen LogP contribution in [-0.4, -0.2) is 39.4 Å². The molecule has 1 atom stereocenters. The number of rotatable bonds is 7. The van der Waals surface area contributed by atoms with Gasteiger partial charge in [0.15, 0.2) is 5.82 Å². The van der Waals surface area contributed by atoms with Crippen LogP contribution in [0.25, 0.3) is 11.4 Å². The molecule has 0 saturated heterocycles. The molecule has 3 aromatic rings. The Labute approximate surface area is 173 Å². The summed E-state index contributed by atoms with van der Waals surface area (Å²) in [6.07, 6.45) is 0. The van der Waals surface area contributed by atoms with Crippen LogP contribution in [0.4, 0.5) is 5.00 Å². The van der Waals surface area contributed by atoms with Crippen LogP contribution in [0.1, 0.15) is 17.3 Å². The Balaban J connectivity index is 1.71. The largest absolute Gasteiger partial charge is 0.496 e. The van der Waals surface area contributed by atoms with Crippen LogP contribution in [0.5, 0.6) is 5.75 Å².